The number of ether oxygens (including phenoxy) is 1. The molecule has 1 heterocycles. The second-order valence-electron chi connectivity index (χ2n) is 10.9. The Kier molecular flexibility index (Phi) is 9.80. The van der Waals surface area contributed by atoms with Crippen LogP contribution in [0.1, 0.15) is 46.4 Å². The monoisotopic (exact) mass is 600 g/mol. The first-order chi connectivity index (χ1) is 21.2. The Morgan fingerprint density at radius 1 is 0.795 bits per heavy atom. The topological polar surface area (TPSA) is 49.9 Å². The summed E-state index contributed by atoms with van der Waals surface area (Å²) in [5.41, 5.74) is 3.72. The van der Waals surface area contributed by atoms with Crippen LogP contribution in [0, 0.1) is 0 Å². The third-order valence-electron chi connectivity index (χ3n) is 7.88. The Bertz CT molecular complexity index is 1550. The lowest BCUT2D eigenvalue weighted by Crippen LogP contribution is -2.49. The summed E-state index contributed by atoms with van der Waals surface area (Å²) in [7, 11) is 0. The van der Waals surface area contributed by atoms with Crippen molar-refractivity contribution < 1.29 is 27.5 Å². The number of ketones is 1. The van der Waals surface area contributed by atoms with Gasteiger partial charge in [0.15, 0.2) is 5.78 Å². The molecule has 44 heavy (non-hydrogen) atoms. The molecule has 228 valence electrons. The Morgan fingerprint density at radius 3 is 2.07 bits per heavy atom. The summed E-state index contributed by atoms with van der Waals surface area (Å²) in [6.07, 6.45) is -3.47. The molecule has 0 radical (unpaired) electrons. The quantitative estimate of drug-likeness (QED) is 0.139. The molecule has 0 spiro atoms. The van der Waals surface area contributed by atoms with E-state index in [4.69, 9.17) is 4.74 Å². The van der Waals surface area contributed by atoms with Crippen LogP contribution in [-0.2, 0) is 22.1 Å². The van der Waals surface area contributed by atoms with Crippen LogP contribution in [-0.4, -0.2) is 49.4 Å². The van der Waals surface area contributed by atoms with Crippen molar-refractivity contribution >= 4 is 17.4 Å². The molecule has 1 atom stereocenters. The lowest BCUT2D eigenvalue weighted by Gasteiger charge is -2.39. The summed E-state index contributed by atoms with van der Waals surface area (Å²) in [4.78, 5) is 30.7. The van der Waals surface area contributed by atoms with Gasteiger partial charge in [-0.15, -0.1) is 0 Å². The van der Waals surface area contributed by atoms with Crippen LogP contribution in [0.3, 0.4) is 0 Å². The summed E-state index contributed by atoms with van der Waals surface area (Å²) in [6, 6.07) is 29.1. The summed E-state index contributed by atoms with van der Waals surface area (Å²) in [5, 5.41) is 0. The number of hydrogen-bond acceptors (Lipinski definition) is 5. The summed E-state index contributed by atoms with van der Waals surface area (Å²) in [6.45, 7) is 5.25. The molecule has 0 aromatic heterocycles. The van der Waals surface area contributed by atoms with Crippen LogP contribution in [0.4, 0.5) is 18.9 Å². The molecule has 4 aromatic rings. The number of carbonyl (C=O) groups is 2. The lowest BCUT2D eigenvalue weighted by molar-refractivity contribution is -0.150. The largest absolute Gasteiger partial charge is 0.464 e. The third kappa shape index (κ3) is 7.37. The van der Waals surface area contributed by atoms with Crippen LogP contribution in [0.25, 0.3) is 11.1 Å². The van der Waals surface area contributed by atoms with Crippen LogP contribution < -0.4 is 4.90 Å². The van der Waals surface area contributed by atoms with Crippen LogP contribution in [0.15, 0.2) is 103 Å². The van der Waals surface area contributed by atoms with Gasteiger partial charge in [-0.2, -0.15) is 13.2 Å². The zero-order valence-corrected chi connectivity index (χ0v) is 24.6. The zero-order valence-electron chi connectivity index (χ0n) is 24.6. The normalized spacial score (nSPS) is 14.7. The van der Waals surface area contributed by atoms with E-state index in [-0.39, 0.29) is 18.2 Å². The highest BCUT2D eigenvalue weighted by atomic mass is 19.4. The first-order valence-electron chi connectivity index (χ1n) is 14.8. The number of piperazine rings is 1. The van der Waals surface area contributed by atoms with Gasteiger partial charge in [-0.1, -0.05) is 85.8 Å². The number of halogens is 3. The van der Waals surface area contributed by atoms with Gasteiger partial charge in [-0.25, -0.2) is 4.79 Å². The summed E-state index contributed by atoms with van der Waals surface area (Å²) >= 11 is 0. The SMILES string of the molecule is CCCOC(=O)C(c1ccccc1)N1CCN(c2ccc(CC(=O)c3ccccc3-c3ccc(C(F)(F)F)cc3)cc2)CC1. The van der Waals surface area contributed by atoms with Crippen molar-refractivity contribution in [3.8, 4) is 11.1 Å². The van der Waals surface area contributed by atoms with E-state index in [2.05, 4.69) is 9.80 Å². The standard InChI is InChI=1S/C36H35F3N2O3/c1-2-24-44-35(43)34(28-8-4-3-5-9-28)41-22-20-40(21-23-41)30-18-12-26(13-19-30)25-33(42)32-11-7-6-10-31(32)27-14-16-29(17-15-27)36(37,38)39/h3-19,34H,2,20-25H2,1H3. The first kappa shape index (κ1) is 31.0. The Morgan fingerprint density at radius 2 is 1.43 bits per heavy atom. The van der Waals surface area contributed by atoms with Gasteiger partial charge in [-0.05, 0) is 52.9 Å². The number of rotatable bonds is 10. The highest BCUT2D eigenvalue weighted by molar-refractivity contribution is 6.03. The zero-order chi connectivity index (χ0) is 31.1. The molecule has 5 nitrogen and oxygen atoms in total. The molecule has 4 aromatic carbocycles. The molecule has 8 heteroatoms. The molecule has 1 aliphatic heterocycles. The maximum absolute atomic E-state index is 13.3. The maximum Gasteiger partial charge on any atom is 0.416 e. The third-order valence-corrected chi connectivity index (χ3v) is 7.88. The number of nitrogens with zero attached hydrogens (tertiary/aromatic N) is 2. The molecular formula is C36H35F3N2O3. The van der Waals surface area contributed by atoms with E-state index in [1.54, 1.807) is 24.3 Å². The molecule has 0 bridgehead atoms. The number of alkyl halides is 3. The number of hydrogen-bond donors (Lipinski definition) is 0. The van der Waals surface area contributed by atoms with Gasteiger partial charge < -0.3 is 9.64 Å². The van der Waals surface area contributed by atoms with Gasteiger partial charge in [-0.3, -0.25) is 9.69 Å². The summed E-state index contributed by atoms with van der Waals surface area (Å²) in [5.74, 6) is -0.329. The lowest BCUT2D eigenvalue weighted by atomic mass is 9.93. The minimum absolute atomic E-state index is 0.108. The number of Topliss-reactive ketones (excluding diaryl/α,β-unsaturated/α-hetero) is 1. The molecule has 0 aliphatic carbocycles. The number of benzene rings is 4. The Labute approximate surface area is 255 Å². The predicted molar refractivity (Wildman–Crippen MR) is 166 cm³/mol. The van der Waals surface area contributed by atoms with Crippen molar-refractivity contribution in [2.24, 2.45) is 0 Å². The van der Waals surface area contributed by atoms with E-state index < -0.39 is 17.8 Å². The molecular weight excluding hydrogens is 565 g/mol. The van der Waals surface area contributed by atoms with Crippen LogP contribution in [0.2, 0.25) is 0 Å². The van der Waals surface area contributed by atoms with E-state index in [1.807, 2.05) is 61.5 Å². The van der Waals surface area contributed by atoms with Gasteiger partial charge in [0.25, 0.3) is 0 Å². The first-order valence-corrected chi connectivity index (χ1v) is 14.8. The molecule has 5 rings (SSSR count). The van der Waals surface area contributed by atoms with Crippen LogP contribution in [0.5, 0.6) is 0 Å². The van der Waals surface area contributed by atoms with Crippen molar-refractivity contribution in [2.45, 2.75) is 32.0 Å². The van der Waals surface area contributed by atoms with Crippen molar-refractivity contribution in [3.05, 3.63) is 125 Å². The fourth-order valence-electron chi connectivity index (χ4n) is 5.57. The van der Waals surface area contributed by atoms with E-state index >= 15 is 0 Å². The van der Waals surface area contributed by atoms with Gasteiger partial charge in [0, 0.05) is 43.9 Å². The van der Waals surface area contributed by atoms with Crippen molar-refractivity contribution in [3.63, 3.8) is 0 Å². The highest BCUT2D eigenvalue weighted by Crippen LogP contribution is 2.32. The van der Waals surface area contributed by atoms with Gasteiger partial charge in [0.1, 0.15) is 6.04 Å². The number of esters is 1. The average molecular weight is 601 g/mol. The van der Waals surface area contributed by atoms with Gasteiger partial charge >= 0.3 is 12.1 Å². The van der Waals surface area contributed by atoms with Crippen molar-refractivity contribution in [2.75, 3.05) is 37.7 Å². The van der Waals surface area contributed by atoms with Crippen molar-refractivity contribution in [1.29, 1.82) is 0 Å². The smallest absolute Gasteiger partial charge is 0.416 e. The molecule has 1 unspecified atom stereocenters. The molecule has 0 N–H and O–H groups in total. The van der Waals surface area contributed by atoms with Crippen molar-refractivity contribution in [1.82, 2.24) is 4.90 Å². The predicted octanol–water partition coefficient (Wildman–Crippen LogP) is 7.61. The molecule has 1 fully saturated rings. The van der Waals surface area contributed by atoms with Gasteiger partial charge in [0.05, 0.1) is 12.2 Å². The Hall–Kier alpha value is -4.43. The second-order valence-corrected chi connectivity index (χ2v) is 10.9. The molecule has 1 aliphatic rings. The molecule has 0 saturated carbocycles. The number of carbonyl (C=O) groups excluding carboxylic acids is 2. The van der Waals surface area contributed by atoms with E-state index in [1.165, 1.54) is 12.1 Å². The van der Waals surface area contributed by atoms with E-state index in [0.717, 1.165) is 48.5 Å². The fourth-order valence-corrected chi connectivity index (χ4v) is 5.57. The van der Waals surface area contributed by atoms with Crippen LogP contribution >= 0.6 is 0 Å². The van der Waals surface area contributed by atoms with E-state index in [0.29, 0.717) is 36.4 Å². The fraction of sp³-hybridized carbons (Fsp3) is 0.278. The van der Waals surface area contributed by atoms with E-state index in [9.17, 15) is 22.8 Å². The molecule has 0 amide bonds. The maximum atomic E-state index is 13.3. The minimum Gasteiger partial charge on any atom is -0.464 e. The molecule has 1 saturated heterocycles. The Balaban J connectivity index is 1.23. The second kappa shape index (κ2) is 13.9. The average Bonchev–Trinajstić information content (AvgIpc) is 3.05. The number of anilines is 1. The minimum atomic E-state index is -4.42. The highest BCUT2D eigenvalue weighted by Gasteiger charge is 2.32. The van der Waals surface area contributed by atoms with Gasteiger partial charge in [0.2, 0.25) is 0 Å². The summed E-state index contributed by atoms with van der Waals surface area (Å²) < 4.78 is 44.6.